The summed E-state index contributed by atoms with van der Waals surface area (Å²) in [6.45, 7) is 1.10. The summed E-state index contributed by atoms with van der Waals surface area (Å²) >= 11 is 0. The Kier molecular flexibility index (Phi) is 5.17. The predicted molar refractivity (Wildman–Crippen MR) is 111 cm³/mol. The minimum atomic E-state index is -0.280. The Bertz CT molecular complexity index is 1070. The number of nitrogens with zero attached hydrogens (tertiary/aromatic N) is 4. The van der Waals surface area contributed by atoms with Crippen LogP contribution in [-0.2, 0) is 11.2 Å². The van der Waals surface area contributed by atoms with E-state index in [9.17, 15) is 9.59 Å². The van der Waals surface area contributed by atoms with Gasteiger partial charge in [-0.1, -0.05) is 18.2 Å². The highest BCUT2D eigenvalue weighted by Crippen LogP contribution is 2.26. The molecule has 0 unspecified atom stereocenters. The van der Waals surface area contributed by atoms with Crippen molar-refractivity contribution in [3.05, 3.63) is 66.3 Å². The second-order valence-corrected chi connectivity index (χ2v) is 7.82. The van der Waals surface area contributed by atoms with Crippen LogP contribution < -0.4 is 10.6 Å². The number of hydrogen-bond acceptors (Lipinski definition) is 7. The summed E-state index contributed by atoms with van der Waals surface area (Å²) in [5.41, 5.74) is 1.43. The number of amides is 2. The standard InChI is InChI=1S/C22H22N6O3/c29-20(14-6-8-23-9-7-14)25-16-10-18-21(30)24-12-17(28(18)13-16)11-19-26-27-22(31-19)15-4-2-1-3-5-15/h1-9,16-18H,10-13H2,(H,24,30)(H,25,29)/t16-,17+,18-/m0/s1. The van der Waals surface area contributed by atoms with Crippen LogP contribution in [0.15, 0.2) is 59.3 Å². The van der Waals surface area contributed by atoms with Crippen molar-refractivity contribution in [3.8, 4) is 11.5 Å². The third kappa shape index (κ3) is 4.04. The number of carbonyl (C=O) groups excluding carboxylic acids is 2. The topological polar surface area (TPSA) is 113 Å². The van der Waals surface area contributed by atoms with Gasteiger partial charge in [-0.15, -0.1) is 10.2 Å². The number of pyridine rings is 1. The molecule has 0 aliphatic carbocycles. The Morgan fingerprint density at radius 1 is 1.16 bits per heavy atom. The fourth-order valence-corrected chi connectivity index (χ4v) is 4.28. The maximum Gasteiger partial charge on any atom is 0.251 e. The molecule has 2 aliphatic heterocycles. The van der Waals surface area contributed by atoms with E-state index in [0.717, 1.165) is 5.56 Å². The fourth-order valence-electron chi connectivity index (χ4n) is 4.28. The second kappa shape index (κ2) is 8.27. The average molecular weight is 418 g/mol. The van der Waals surface area contributed by atoms with Crippen LogP contribution in [0.2, 0.25) is 0 Å². The van der Waals surface area contributed by atoms with E-state index in [2.05, 4.69) is 30.7 Å². The number of rotatable bonds is 5. The molecule has 0 radical (unpaired) electrons. The summed E-state index contributed by atoms with van der Waals surface area (Å²) in [7, 11) is 0. The van der Waals surface area contributed by atoms with Crippen LogP contribution in [0.1, 0.15) is 22.7 Å². The van der Waals surface area contributed by atoms with E-state index in [1.165, 1.54) is 0 Å². The molecule has 2 aliphatic rings. The molecule has 1 aromatic carbocycles. The Morgan fingerprint density at radius 2 is 1.97 bits per heavy atom. The molecule has 0 bridgehead atoms. The van der Waals surface area contributed by atoms with Crippen LogP contribution >= 0.6 is 0 Å². The largest absolute Gasteiger partial charge is 0.421 e. The minimum Gasteiger partial charge on any atom is -0.421 e. The molecule has 0 spiro atoms. The molecular weight excluding hydrogens is 396 g/mol. The van der Waals surface area contributed by atoms with E-state index in [4.69, 9.17) is 4.42 Å². The van der Waals surface area contributed by atoms with Gasteiger partial charge in [0, 0.05) is 55.1 Å². The van der Waals surface area contributed by atoms with Crippen molar-refractivity contribution in [1.29, 1.82) is 0 Å². The number of benzene rings is 1. The van der Waals surface area contributed by atoms with E-state index in [0.29, 0.717) is 43.3 Å². The van der Waals surface area contributed by atoms with Gasteiger partial charge < -0.3 is 15.1 Å². The highest BCUT2D eigenvalue weighted by molar-refractivity contribution is 5.94. The monoisotopic (exact) mass is 418 g/mol. The van der Waals surface area contributed by atoms with Crippen molar-refractivity contribution in [2.45, 2.75) is 31.0 Å². The van der Waals surface area contributed by atoms with Crippen molar-refractivity contribution in [1.82, 2.24) is 30.7 Å². The van der Waals surface area contributed by atoms with Crippen molar-refractivity contribution >= 4 is 11.8 Å². The number of aromatic nitrogens is 3. The first-order valence-electron chi connectivity index (χ1n) is 10.3. The van der Waals surface area contributed by atoms with Crippen molar-refractivity contribution in [2.24, 2.45) is 0 Å². The fraction of sp³-hybridized carbons (Fsp3) is 0.318. The van der Waals surface area contributed by atoms with E-state index in [-0.39, 0.29) is 29.9 Å². The molecule has 0 saturated carbocycles. The summed E-state index contributed by atoms with van der Waals surface area (Å²) in [4.78, 5) is 31.0. The number of nitrogens with one attached hydrogen (secondary N) is 2. The zero-order chi connectivity index (χ0) is 21.2. The lowest BCUT2D eigenvalue weighted by Gasteiger charge is -2.36. The number of carbonyl (C=O) groups is 2. The van der Waals surface area contributed by atoms with Gasteiger partial charge in [0.15, 0.2) is 0 Å². The normalized spacial score (nSPS) is 23.2. The molecular formula is C22H22N6O3. The van der Waals surface area contributed by atoms with Crippen LogP contribution in [0.25, 0.3) is 11.5 Å². The van der Waals surface area contributed by atoms with Crippen molar-refractivity contribution in [3.63, 3.8) is 0 Å². The number of hydrogen-bond donors (Lipinski definition) is 2. The van der Waals surface area contributed by atoms with Crippen LogP contribution in [0.5, 0.6) is 0 Å². The first-order valence-corrected chi connectivity index (χ1v) is 10.3. The molecule has 2 fully saturated rings. The predicted octanol–water partition coefficient (Wildman–Crippen LogP) is 1.05. The van der Waals surface area contributed by atoms with E-state index < -0.39 is 0 Å². The van der Waals surface area contributed by atoms with Gasteiger partial charge in [-0.3, -0.25) is 19.5 Å². The molecule has 158 valence electrons. The lowest BCUT2D eigenvalue weighted by molar-refractivity contribution is -0.129. The van der Waals surface area contributed by atoms with E-state index >= 15 is 0 Å². The van der Waals surface area contributed by atoms with Crippen molar-refractivity contribution < 1.29 is 14.0 Å². The minimum absolute atomic E-state index is 0.00702. The molecule has 4 heterocycles. The van der Waals surface area contributed by atoms with E-state index in [1.54, 1.807) is 24.5 Å². The molecule has 2 aromatic heterocycles. The highest BCUT2D eigenvalue weighted by atomic mass is 16.4. The van der Waals surface area contributed by atoms with Gasteiger partial charge in [0.25, 0.3) is 5.91 Å². The lowest BCUT2D eigenvalue weighted by Crippen LogP contribution is -2.58. The molecule has 3 aromatic rings. The maximum absolute atomic E-state index is 12.5. The lowest BCUT2D eigenvalue weighted by atomic mass is 10.1. The first kappa shape index (κ1) is 19.4. The average Bonchev–Trinajstić information content (AvgIpc) is 3.45. The number of fused-ring (bicyclic) bond motifs is 1. The van der Waals surface area contributed by atoms with Gasteiger partial charge in [-0.25, -0.2) is 0 Å². The summed E-state index contributed by atoms with van der Waals surface area (Å²) in [5.74, 6) is 0.847. The summed E-state index contributed by atoms with van der Waals surface area (Å²) < 4.78 is 5.86. The van der Waals surface area contributed by atoms with Gasteiger partial charge in [-0.05, 0) is 30.7 Å². The molecule has 5 rings (SSSR count). The van der Waals surface area contributed by atoms with Crippen molar-refractivity contribution in [2.75, 3.05) is 13.1 Å². The second-order valence-electron chi connectivity index (χ2n) is 7.82. The summed E-state index contributed by atoms with van der Waals surface area (Å²) in [6.07, 6.45) is 4.27. The van der Waals surface area contributed by atoms with Gasteiger partial charge in [-0.2, -0.15) is 0 Å². The van der Waals surface area contributed by atoms with Gasteiger partial charge in [0.1, 0.15) is 0 Å². The third-order valence-electron chi connectivity index (χ3n) is 5.80. The molecule has 9 nitrogen and oxygen atoms in total. The number of piperazine rings is 1. The molecule has 31 heavy (non-hydrogen) atoms. The third-order valence-corrected chi connectivity index (χ3v) is 5.80. The zero-order valence-electron chi connectivity index (χ0n) is 16.8. The van der Waals surface area contributed by atoms with Gasteiger partial charge in [0.2, 0.25) is 17.7 Å². The maximum atomic E-state index is 12.5. The first-order chi connectivity index (χ1) is 15.2. The van der Waals surface area contributed by atoms with E-state index in [1.807, 2.05) is 30.3 Å². The van der Waals surface area contributed by atoms with Crippen LogP contribution in [0.3, 0.4) is 0 Å². The molecule has 2 saturated heterocycles. The highest BCUT2D eigenvalue weighted by Gasteiger charge is 2.44. The van der Waals surface area contributed by atoms with Crippen LogP contribution in [-0.4, -0.2) is 63.1 Å². The molecule has 2 N–H and O–H groups in total. The summed E-state index contributed by atoms with van der Waals surface area (Å²) in [5, 5.41) is 14.4. The quantitative estimate of drug-likeness (QED) is 0.637. The molecule has 2 amide bonds. The summed E-state index contributed by atoms with van der Waals surface area (Å²) in [6, 6.07) is 12.6. The Morgan fingerprint density at radius 3 is 2.77 bits per heavy atom. The zero-order valence-corrected chi connectivity index (χ0v) is 16.8. The SMILES string of the molecule is O=C(N[C@H]1C[C@H]2C(=O)NC[C@@H](Cc3nnc(-c4ccccc4)o3)N2C1)c1ccncc1. The van der Waals surface area contributed by atoms with Crippen LogP contribution in [0.4, 0.5) is 0 Å². The molecule has 3 atom stereocenters. The van der Waals surface area contributed by atoms with Gasteiger partial charge in [0.05, 0.1) is 6.04 Å². The van der Waals surface area contributed by atoms with Crippen LogP contribution in [0, 0.1) is 0 Å². The Hall–Kier alpha value is -3.59. The molecule has 9 heteroatoms. The van der Waals surface area contributed by atoms with Gasteiger partial charge >= 0.3 is 0 Å². The Labute approximate surface area is 178 Å². The Balaban J connectivity index is 1.26. The smallest absolute Gasteiger partial charge is 0.251 e.